The minimum absolute atomic E-state index is 0.306. The Morgan fingerprint density at radius 1 is 0.952 bits per heavy atom. The molecule has 3 fully saturated rings. The smallest absolute Gasteiger partial charge is 0.250 e. The van der Waals surface area contributed by atoms with E-state index in [-0.39, 0.29) is 11.8 Å². The van der Waals surface area contributed by atoms with Crippen molar-refractivity contribution in [2.45, 2.75) is 49.5 Å². The fourth-order valence-electron chi connectivity index (χ4n) is 7.35. The second kappa shape index (κ2) is 10.9. The van der Waals surface area contributed by atoms with Crippen LogP contribution in [0.1, 0.15) is 37.8 Å². The average Bonchev–Trinajstić information content (AvgIpc) is 3.63. The highest BCUT2D eigenvalue weighted by molar-refractivity contribution is 6.05. The Bertz CT molecular complexity index is 1470. The van der Waals surface area contributed by atoms with Gasteiger partial charge in [0.25, 0.3) is 0 Å². The van der Waals surface area contributed by atoms with E-state index in [0.717, 1.165) is 0 Å². The van der Waals surface area contributed by atoms with Gasteiger partial charge in [0.1, 0.15) is 17.4 Å². The molecule has 6 rings (SSSR count). The Kier molecular flexibility index (Phi) is 7.24. The van der Waals surface area contributed by atoms with Gasteiger partial charge in [-0.1, -0.05) is 55.5 Å². The lowest BCUT2D eigenvalue weighted by molar-refractivity contribution is -0.148. The summed E-state index contributed by atoms with van der Waals surface area (Å²) >= 11 is 0. The Labute approximate surface area is 244 Å². The SMILES string of the molecule is CC[C@@]12CCC3(O1)C(C(=O)Nc1ccc(OC)cc1)N([C@H](CO)c1ccccc1)C(=O)[C@@H]3[C@@H]2C(=O)Nc1ccccc1. The number of ether oxygens (including phenoxy) is 2. The predicted molar refractivity (Wildman–Crippen MR) is 157 cm³/mol. The summed E-state index contributed by atoms with van der Waals surface area (Å²) in [7, 11) is 1.56. The van der Waals surface area contributed by atoms with E-state index >= 15 is 0 Å². The third-order valence-electron chi connectivity index (χ3n) is 9.24. The number of anilines is 2. The number of nitrogens with one attached hydrogen (secondary N) is 2. The average molecular weight is 570 g/mol. The molecule has 3 saturated heterocycles. The first-order valence-electron chi connectivity index (χ1n) is 14.4. The van der Waals surface area contributed by atoms with Crippen LogP contribution in [0.4, 0.5) is 11.4 Å². The van der Waals surface area contributed by atoms with Crippen molar-refractivity contribution in [3.63, 3.8) is 0 Å². The van der Waals surface area contributed by atoms with Crippen LogP contribution in [0.5, 0.6) is 5.75 Å². The second-order valence-corrected chi connectivity index (χ2v) is 11.3. The van der Waals surface area contributed by atoms with E-state index in [1.165, 1.54) is 4.90 Å². The number of amides is 3. The van der Waals surface area contributed by atoms with Crippen molar-refractivity contribution < 1.29 is 29.0 Å². The van der Waals surface area contributed by atoms with Crippen LogP contribution in [-0.4, -0.2) is 58.7 Å². The molecule has 0 aliphatic carbocycles. The summed E-state index contributed by atoms with van der Waals surface area (Å²) in [5.41, 5.74) is -0.267. The van der Waals surface area contributed by atoms with Crippen LogP contribution in [0.15, 0.2) is 84.9 Å². The molecule has 3 aromatic carbocycles. The molecule has 3 N–H and O–H groups in total. The Balaban J connectivity index is 1.43. The second-order valence-electron chi connectivity index (χ2n) is 11.3. The molecule has 9 heteroatoms. The number of likely N-dealkylation sites (tertiary alicyclic amines) is 1. The highest BCUT2D eigenvalue weighted by Crippen LogP contribution is 2.65. The lowest BCUT2D eigenvalue weighted by Gasteiger charge is -2.37. The van der Waals surface area contributed by atoms with Crippen molar-refractivity contribution in [3.8, 4) is 5.75 Å². The van der Waals surface area contributed by atoms with Crippen LogP contribution in [0, 0.1) is 11.8 Å². The van der Waals surface area contributed by atoms with Gasteiger partial charge in [0.15, 0.2) is 0 Å². The number of hydrogen-bond donors (Lipinski definition) is 3. The van der Waals surface area contributed by atoms with Crippen molar-refractivity contribution in [1.82, 2.24) is 4.90 Å². The van der Waals surface area contributed by atoms with Gasteiger partial charge in [-0.2, -0.15) is 0 Å². The number of para-hydroxylation sites is 1. The summed E-state index contributed by atoms with van der Waals surface area (Å²) < 4.78 is 12.1. The van der Waals surface area contributed by atoms with Crippen LogP contribution in [0.25, 0.3) is 0 Å². The van der Waals surface area contributed by atoms with Gasteiger partial charge in [-0.3, -0.25) is 14.4 Å². The van der Waals surface area contributed by atoms with Crippen molar-refractivity contribution in [1.29, 1.82) is 0 Å². The number of benzene rings is 3. The third-order valence-corrected chi connectivity index (χ3v) is 9.24. The number of methoxy groups -OCH3 is 1. The summed E-state index contributed by atoms with van der Waals surface area (Å²) in [5, 5.41) is 16.6. The van der Waals surface area contributed by atoms with Gasteiger partial charge in [0.2, 0.25) is 17.7 Å². The van der Waals surface area contributed by atoms with Gasteiger partial charge in [0.05, 0.1) is 37.2 Å². The van der Waals surface area contributed by atoms with Crippen molar-refractivity contribution in [2.75, 3.05) is 24.4 Å². The maximum Gasteiger partial charge on any atom is 0.250 e. The van der Waals surface area contributed by atoms with Gasteiger partial charge in [-0.15, -0.1) is 0 Å². The maximum absolute atomic E-state index is 14.6. The minimum atomic E-state index is -1.23. The highest BCUT2D eigenvalue weighted by atomic mass is 16.5. The Hall–Kier alpha value is -4.21. The van der Waals surface area contributed by atoms with Crippen LogP contribution in [0.2, 0.25) is 0 Å². The number of rotatable bonds is 9. The maximum atomic E-state index is 14.6. The molecular formula is C33H35N3O6. The van der Waals surface area contributed by atoms with Gasteiger partial charge in [-0.25, -0.2) is 0 Å². The monoisotopic (exact) mass is 569 g/mol. The first kappa shape index (κ1) is 27.9. The number of aliphatic hydroxyl groups excluding tert-OH is 1. The summed E-state index contributed by atoms with van der Waals surface area (Å²) in [6.45, 7) is 1.56. The normalized spacial score (nSPS) is 28.3. The minimum Gasteiger partial charge on any atom is -0.497 e. The topological polar surface area (TPSA) is 117 Å². The standard InChI is InChI=1S/C33H35N3O6/c1-3-32-18-19-33(42-32)27(26(32)29(38)34-22-12-8-5-9-13-22)31(40)36(25(20-37)21-10-6-4-7-11-21)28(33)30(39)35-23-14-16-24(41-2)17-15-23/h4-17,25-28,37H,3,18-20H2,1-2H3,(H,34,38)(H,35,39)/t25-,26-,27+,28?,32+,33?/m1/s1. The van der Waals surface area contributed by atoms with E-state index < -0.39 is 47.6 Å². The molecule has 218 valence electrons. The number of nitrogens with zero attached hydrogens (tertiary/aromatic N) is 1. The van der Waals surface area contributed by atoms with Gasteiger partial charge in [0, 0.05) is 11.4 Å². The van der Waals surface area contributed by atoms with E-state index in [4.69, 9.17) is 9.47 Å². The third kappa shape index (κ3) is 4.35. The van der Waals surface area contributed by atoms with E-state index in [1.54, 1.807) is 43.5 Å². The van der Waals surface area contributed by atoms with Crippen LogP contribution in [0.3, 0.4) is 0 Å². The fourth-order valence-corrected chi connectivity index (χ4v) is 7.35. The molecule has 3 aliphatic heterocycles. The summed E-state index contributed by atoms with van der Waals surface area (Å²) in [6, 6.07) is 23.3. The van der Waals surface area contributed by atoms with Gasteiger partial charge < -0.3 is 30.1 Å². The molecule has 1 spiro atoms. The number of carbonyl (C=O) groups excluding carboxylic acids is 3. The highest BCUT2D eigenvalue weighted by Gasteiger charge is 2.79. The number of fused-ring (bicyclic) bond motifs is 1. The molecule has 3 aliphatic rings. The lowest BCUT2D eigenvalue weighted by Crippen LogP contribution is -2.54. The Morgan fingerprint density at radius 2 is 1.57 bits per heavy atom. The molecule has 2 bridgehead atoms. The zero-order valence-corrected chi connectivity index (χ0v) is 23.7. The number of hydrogen-bond acceptors (Lipinski definition) is 6. The van der Waals surface area contributed by atoms with Crippen molar-refractivity contribution in [2.24, 2.45) is 11.8 Å². The molecule has 42 heavy (non-hydrogen) atoms. The molecule has 0 saturated carbocycles. The van der Waals surface area contributed by atoms with Crippen molar-refractivity contribution in [3.05, 3.63) is 90.5 Å². The van der Waals surface area contributed by atoms with Gasteiger partial charge in [-0.05, 0) is 61.2 Å². The lowest BCUT2D eigenvalue weighted by atomic mass is 9.65. The Morgan fingerprint density at radius 3 is 2.19 bits per heavy atom. The molecule has 3 amide bonds. The first-order valence-corrected chi connectivity index (χ1v) is 14.4. The molecule has 9 nitrogen and oxygen atoms in total. The quantitative estimate of drug-likeness (QED) is 0.356. The van der Waals surface area contributed by atoms with Crippen molar-refractivity contribution >= 4 is 29.1 Å². The van der Waals surface area contributed by atoms with Crippen LogP contribution >= 0.6 is 0 Å². The van der Waals surface area contributed by atoms with E-state index in [1.807, 2.05) is 55.5 Å². The molecule has 2 unspecified atom stereocenters. The predicted octanol–water partition coefficient (Wildman–Crippen LogP) is 4.16. The fraction of sp³-hybridized carbons (Fsp3) is 0.364. The van der Waals surface area contributed by atoms with E-state index in [0.29, 0.717) is 42.0 Å². The largest absolute Gasteiger partial charge is 0.497 e. The number of carbonyl (C=O) groups is 3. The van der Waals surface area contributed by atoms with E-state index in [2.05, 4.69) is 10.6 Å². The van der Waals surface area contributed by atoms with Gasteiger partial charge >= 0.3 is 0 Å². The summed E-state index contributed by atoms with van der Waals surface area (Å²) in [6.07, 6.45) is 1.49. The zero-order valence-electron chi connectivity index (χ0n) is 23.7. The molecule has 6 atom stereocenters. The van der Waals surface area contributed by atoms with Crippen LogP contribution < -0.4 is 15.4 Å². The van der Waals surface area contributed by atoms with Crippen LogP contribution in [-0.2, 0) is 19.1 Å². The summed E-state index contributed by atoms with van der Waals surface area (Å²) in [5.74, 6) is -2.15. The first-order chi connectivity index (χ1) is 20.4. The number of aliphatic hydroxyl groups is 1. The molecule has 0 radical (unpaired) electrons. The molecule has 3 aromatic rings. The molecular weight excluding hydrogens is 534 g/mol. The zero-order chi connectivity index (χ0) is 29.5. The molecule has 0 aromatic heterocycles. The van der Waals surface area contributed by atoms with E-state index in [9.17, 15) is 19.5 Å². The summed E-state index contributed by atoms with van der Waals surface area (Å²) in [4.78, 5) is 44.3. The molecule has 3 heterocycles.